The summed E-state index contributed by atoms with van der Waals surface area (Å²) >= 11 is 0. The number of amides is 1. The SMILES string of the molecule is O=C(O)CC[C@H](NC(=O)CC1COCCN1)C(=O)O. The van der Waals surface area contributed by atoms with Gasteiger partial charge in [-0.05, 0) is 6.42 Å². The minimum Gasteiger partial charge on any atom is -0.481 e. The number of carbonyl (C=O) groups is 3. The number of hydrogen-bond donors (Lipinski definition) is 4. The van der Waals surface area contributed by atoms with Gasteiger partial charge in [0.1, 0.15) is 6.04 Å². The second kappa shape index (κ2) is 7.70. The van der Waals surface area contributed by atoms with E-state index >= 15 is 0 Å². The topological polar surface area (TPSA) is 125 Å². The van der Waals surface area contributed by atoms with Gasteiger partial charge < -0.3 is 25.6 Å². The third-order valence-corrected chi connectivity index (χ3v) is 2.71. The number of ether oxygens (including phenoxy) is 1. The summed E-state index contributed by atoms with van der Waals surface area (Å²) in [4.78, 5) is 32.9. The van der Waals surface area contributed by atoms with Crippen LogP contribution < -0.4 is 10.6 Å². The highest BCUT2D eigenvalue weighted by Crippen LogP contribution is 2.02. The number of morpholine rings is 1. The molecule has 0 spiro atoms. The molecule has 8 heteroatoms. The van der Waals surface area contributed by atoms with Gasteiger partial charge in [-0.2, -0.15) is 0 Å². The number of carboxylic acids is 2. The first-order valence-electron chi connectivity index (χ1n) is 6.04. The fraction of sp³-hybridized carbons (Fsp3) is 0.727. The van der Waals surface area contributed by atoms with E-state index in [0.29, 0.717) is 19.8 Å². The maximum absolute atomic E-state index is 11.7. The van der Waals surface area contributed by atoms with Crippen molar-refractivity contribution in [2.75, 3.05) is 19.8 Å². The van der Waals surface area contributed by atoms with Crippen molar-refractivity contribution in [3.05, 3.63) is 0 Å². The third kappa shape index (κ3) is 6.16. The Morgan fingerprint density at radius 2 is 2.11 bits per heavy atom. The fourth-order valence-corrected chi connectivity index (χ4v) is 1.75. The Labute approximate surface area is 110 Å². The summed E-state index contributed by atoms with van der Waals surface area (Å²) in [5.41, 5.74) is 0. The summed E-state index contributed by atoms with van der Waals surface area (Å²) in [6.45, 7) is 1.65. The highest BCUT2D eigenvalue weighted by atomic mass is 16.5. The first kappa shape index (κ1) is 15.4. The summed E-state index contributed by atoms with van der Waals surface area (Å²) in [6, 6.07) is -1.31. The van der Waals surface area contributed by atoms with E-state index in [-0.39, 0.29) is 25.3 Å². The monoisotopic (exact) mass is 274 g/mol. The first-order valence-corrected chi connectivity index (χ1v) is 6.04. The zero-order valence-electron chi connectivity index (χ0n) is 10.4. The van der Waals surface area contributed by atoms with Crippen molar-refractivity contribution >= 4 is 17.8 Å². The van der Waals surface area contributed by atoms with E-state index in [0.717, 1.165) is 0 Å². The summed E-state index contributed by atoms with van der Waals surface area (Å²) in [7, 11) is 0. The fourth-order valence-electron chi connectivity index (χ4n) is 1.75. The van der Waals surface area contributed by atoms with E-state index in [1.165, 1.54) is 0 Å². The van der Waals surface area contributed by atoms with Crippen LogP contribution in [0.5, 0.6) is 0 Å². The van der Waals surface area contributed by atoms with Crippen molar-refractivity contribution in [2.45, 2.75) is 31.3 Å². The van der Waals surface area contributed by atoms with E-state index in [4.69, 9.17) is 14.9 Å². The smallest absolute Gasteiger partial charge is 0.326 e. The molecule has 1 aliphatic heterocycles. The van der Waals surface area contributed by atoms with Crippen LogP contribution in [0.4, 0.5) is 0 Å². The van der Waals surface area contributed by atoms with Gasteiger partial charge in [-0.15, -0.1) is 0 Å². The molecule has 4 N–H and O–H groups in total. The van der Waals surface area contributed by atoms with Gasteiger partial charge in [0.2, 0.25) is 5.91 Å². The van der Waals surface area contributed by atoms with Crippen molar-refractivity contribution in [2.24, 2.45) is 0 Å². The Hall–Kier alpha value is -1.67. The molecule has 0 aromatic rings. The second-order valence-corrected chi connectivity index (χ2v) is 4.32. The Kier molecular flexibility index (Phi) is 6.23. The van der Waals surface area contributed by atoms with Crippen molar-refractivity contribution in [3.8, 4) is 0 Å². The van der Waals surface area contributed by atoms with Crippen LogP contribution in [0.2, 0.25) is 0 Å². The summed E-state index contributed by atoms with van der Waals surface area (Å²) in [6.07, 6.45) is -0.329. The zero-order valence-corrected chi connectivity index (χ0v) is 10.4. The number of nitrogens with one attached hydrogen (secondary N) is 2. The molecule has 0 saturated carbocycles. The van der Waals surface area contributed by atoms with Crippen LogP contribution in [-0.2, 0) is 19.1 Å². The molecule has 1 heterocycles. The van der Waals surface area contributed by atoms with E-state index in [9.17, 15) is 14.4 Å². The Bertz CT molecular complexity index is 340. The number of aliphatic carboxylic acids is 2. The van der Waals surface area contributed by atoms with E-state index < -0.39 is 23.9 Å². The van der Waals surface area contributed by atoms with E-state index in [2.05, 4.69) is 10.6 Å². The van der Waals surface area contributed by atoms with E-state index in [1.54, 1.807) is 0 Å². The molecule has 19 heavy (non-hydrogen) atoms. The highest BCUT2D eigenvalue weighted by molar-refractivity contribution is 5.84. The molecule has 0 aromatic carbocycles. The number of hydrogen-bond acceptors (Lipinski definition) is 5. The van der Waals surface area contributed by atoms with Crippen LogP contribution in [0.1, 0.15) is 19.3 Å². The molecule has 0 radical (unpaired) electrons. The average Bonchev–Trinajstić information content (AvgIpc) is 2.35. The van der Waals surface area contributed by atoms with Crippen molar-refractivity contribution < 1.29 is 29.3 Å². The number of carboxylic acid groups (broad SMARTS) is 2. The van der Waals surface area contributed by atoms with Crippen LogP contribution in [-0.4, -0.2) is 59.9 Å². The molecule has 1 fully saturated rings. The summed E-state index contributed by atoms with van der Waals surface area (Å²) in [5, 5.41) is 22.8. The van der Waals surface area contributed by atoms with Crippen molar-refractivity contribution in [1.29, 1.82) is 0 Å². The molecular formula is C11H18N2O6. The molecule has 0 aliphatic carbocycles. The first-order chi connectivity index (χ1) is 8.99. The Morgan fingerprint density at radius 3 is 2.63 bits per heavy atom. The maximum Gasteiger partial charge on any atom is 0.326 e. The van der Waals surface area contributed by atoms with Gasteiger partial charge in [0, 0.05) is 25.4 Å². The van der Waals surface area contributed by atoms with E-state index in [1.807, 2.05) is 0 Å². The minimum atomic E-state index is -1.23. The van der Waals surface area contributed by atoms with Gasteiger partial charge in [0.25, 0.3) is 0 Å². The lowest BCUT2D eigenvalue weighted by Gasteiger charge is -2.24. The highest BCUT2D eigenvalue weighted by Gasteiger charge is 2.23. The quantitative estimate of drug-likeness (QED) is 0.459. The van der Waals surface area contributed by atoms with Gasteiger partial charge >= 0.3 is 11.9 Å². The molecule has 1 rings (SSSR count). The third-order valence-electron chi connectivity index (χ3n) is 2.71. The molecule has 2 atom stereocenters. The molecule has 1 unspecified atom stereocenters. The van der Waals surface area contributed by atoms with Gasteiger partial charge in [-0.3, -0.25) is 9.59 Å². The standard InChI is InChI=1S/C11H18N2O6/c14-9(5-7-6-19-4-3-12-7)13-8(11(17)18)1-2-10(15)16/h7-8,12H,1-6H2,(H,13,14)(H,15,16)(H,17,18)/t7?,8-/m0/s1. The predicted octanol–water partition coefficient (Wildman–Crippen LogP) is -1.20. The van der Waals surface area contributed by atoms with Crippen LogP contribution in [0.25, 0.3) is 0 Å². The minimum absolute atomic E-state index is 0.108. The molecule has 0 bridgehead atoms. The second-order valence-electron chi connectivity index (χ2n) is 4.32. The van der Waals surface area contributed by atoms with Crippen molar-refractivity contribution in [1.82, 2.24) is 10.6 Å². The Morgan fingerprint density at radius 1 is 1.37 bits per heavy atom. The normalized spacial score (nSPS) is 20.5. The molecule has 1 aliphatic rings. The molecular weight excluding hydrogens is 256 g/mol. The van der Waals surface area contributed by atoms with Crippen LogP contribution in [0, 0.1) is 0 Å². The summed E-state index contributed by atoms with van der Waals surface area (Å²) < 4.78 is 5.18. The van der Waals surface area contributed by atoms with Gasteiger partial charge in [-0.1, -0.05) is 0 Å². The zero-order chi connectivity index (χ0) is 14.3. The van der Waals surface area contributed by atoms with Crippen LogP contribution in [0.3, 0.4) is 0 Å². The average molecular weight is 274 g/mol. The lowest BCUT2D eigenvalue weighted by atomic mass is 10.1. The van der Waals surface area contributed by atoms with Crippen LogP contribution >= 0.6 is 0 Å². The molecule has 0 aromatic heterocycles. The lowest BCUT2D eigenvalue weighted by Crippen LogP contribution is -2.47. The van der Waals surface area contributed by atoms with Crippen molar-refractivity contribution in [3.63, 3.8) is 0 Å². The lowest BCUT2D eigenvalue weighted by molar-refractivity contribution is -0.143. The molecule has 1 amide bonds. The van der Waals surface area contributed by atoms with Crippen LogP contribution in [0.15, 0.2) is 0 Å². The maximum atomic E-state index is 11.7. The largest absolute Gasteiger partial charge is 0.481 e. The number of rotatable bonds is 7. The number of carbonyl (C=O) groups excluding carboxylic acids is 1. The predicted molar refractivity (Wildman–Crippen MR) is 63.7 cm³/mol. The summed E-state index contributed by atoms with van der Waals surface area (Å²) in [5.74, 6) is -2.76. The van der Waals surface area contributed by atoms with Gasteiger partial charge in [-0.25, -0.2) is 4.79 Å². The molecule has 8 nitrogen and oxygen atoms in total. The Balaban J connectivity index is 2.37. The molecule has 1 saturated heterocycles. The molecule has 108 valence electrons. The van der Waals surface area contributed by atoms with Gasteiger partial charge in [0.05, 0.1) is 13.2 Å². The van der Waals surface area contributed by atoms with Gasteiger partial charge in [0.15, 0.2) is 0 Å².